The first-order valence-corrected chi connectivity index (χ1v) is 11.2. The Labute approximate surface area is 173 Å². The Kier molecular flexibility index (Phi) is 8.05. The monoisotopic (exact) mass is 407 g/mol. The molecule has 0 aliphatic heterocycles. The highest BCUT2D eigenvalue weighted by Crippen LogP contribution is 2.38. The van der Waals surface area contributed by atoms with Crippen molar-refractivity contribution in [1.29, 1.82) is 0 Å². The van der Waals surface area contributed by atoms with E-state index in [9.17, 15) is 0 Å². The molecule has 27 heavy (non-hydrogen) atoms. The maximum absolute atomic E-state index is 6.56. The summed E-state index contributed by atoms with van der Waals surface area (Å²) in [6.45, 7) is 1.80. The molecule has 0 amide bonds. The molecule has 0 fully saturated rings. The van der Waals surface area contributed by atoms with Gasteiger partial charge in [0, 0.05) is 22.6 Å². The molecule has 0 saturated heterocycles. The number of aromatic nitrogens is 1. The average Bonchev–Trinajstić information content (AvgIpc) is 2.65. The van der Waals surface area contributed by atoms with Gasteiger partial charge in [-0.25, -0.2) is 0 Å². The van der Waals surface area contributed by atoms with Gasteiger partial charge in [-0.2, -0.15) is 0 Å². The van der Waals surface area contributed by atoms with Crippen LogP contribution in [0.4, 0.5) is 5.69 Å². The fourth-order valence-corrected chi connectivity index (χ4v) is 4.61. The molecule has 0 spiro atoms. The zero-order valence-corrected chi connectivity index (χ0v) is 17.6. The molecule has 1 aromatic heterocycles. The SMILES string of the molecule is NCCCCCCCCCNc1c2c(nc3cc(Cl)cc(Cl)c13)CCCC2. The van der Waals surface area contributed by atoms with Crippen LogP contribution in [0.25, 0.3) is 10.9 Å². The van der Waals surface area contributed by atoms with Gasteiger partial charge in [0.15, 0.2) is 0 Å². The molecule has 1 aromatic carbocycles. The Morgan fingerprint density at radius 1 is 0.926 bits per heavy atom. The van der Waals surface area contributed by atoms with Crippen LogP contribution in [0.5, 0.6) is 0 Å². The summed E-state index contributed by atoms with van der Waals surface area (Å²) in [5.74, 6) is 0. The van der Waals surface area contributed by atoms with E-state index in [2.05, 4.69) is 5.32 Å². The molecule has 0 bridgehead atoms. The third-order valence-electron chi connectivity index (χ3n) is 5.46. The minimum atomic E-state index is 0.649. The van der Waals surface area contributed by atoms with Crippen LogP contribution in [0.3, 0.4) is 0 Å². The minimum Gasteiger partial charge on any atom is -0.384 e. The number of halogens is 2. The standard InChI is InChI=1S/C22H31Cl2N3/c23-16-14-18(24)21-20(15-16)27-19-11-7-6-10-17(19)22(21)26-13-9-5-3-1-2-4-8-12-25/h14-15H,1-13,25H2,(H,26,27). The normalized spacial score (nSPS) is 13.7. The molecule has 3 rings (SSSR count). The van der Waals surface area contributed by atoms with Gasteiger partial charge in [-0.3, -0.25) is 4.98 Å². The largest absolute Gasteiger partial charge is 0.384 e. The molecule has 148 valence electrons. The van der Waals surface area contributed by atoms with Crippen molar-refractivity contribution in [2.75, 3.05) is 18.4 Å². The van der Waals surface area contributed by atoms with Crippen molar-refractivity contribution in [3.63, 3.8) is 0 Å². The summed E-state index contributed by atoms with van der Waals surface area (Å²) in [4.78, 5) is 4.87. The number of fused-ring (bicyclic) bond motifs is 2. The van der Waals surface area contributed by atoms with Gasteiger partial charge in [0.25, 0.3) is 0 Å². The van der Waals surface area contributed by atoms with Crippen molar-refractivity contribution in [1.82, 2.24) is 4.98 Å². The van der Waals surface area contributed by atoms with Gasteiger partial charge >= 0.3 is 0 Å². The molecule has 0 radical (unpaired) electrons. The fourth-order valence-electron chi connectivity index (χ4n) is 4.04. The van der Waals surface area contributed by atoms with E-state index >= 15 is 0 Å². The Morgan fingerprint density at radius 2 is 1.63 bits per heavy atom. The van der Waals surface area contributed by atoms with Crippen LogP contribution in [-0.2, 0) is 12.8 Å². The van der Waals surface area contributed by atoms with E-state index in [-0.39, 0.29) is 0 Å². The molecule has 1 aliphatic carbocycles. The van der Waals surface area contributed by atoms with Gasteiger partial charge in [-0.05, 0) is 62.8 Å². The summed E-state index contributed by atoms with van der Waals surface area (Å²) in [5, 5.41) is 6.08. The summed E-state index contributed by atoms with van der Waals surface area (Å²) in [6, 6.07) is 3.76. The van der Waals surface area contributed by atoms with E-state index in [1.54, 1.807) is 0 Å². The number of rotatable bonds is 10. The lowest BCUT2D eigenvalue weighted by atomic mass is 9.92. The number of hydrogen-bond acceptors (Lipinski definition) is 3. The molecule has 5 heteroatoms. The van der Waals surface area contributed by atoms with Gasteiger partial charge in [-0.1, -0.05) is 55.3 Å². The number of nitrogens with one attached hydrogen (secondary N) is 1. The predicted octanol–water partition coefficient (Wildman–Crippen LogP) is 6.52. The highest BCUT2D eigenvalue weighted by molar-refractivity contribution is 6.39. The number of anilines is 1. The Bertz CT molecular complexity index is 761. The quantitative estimate of drug-likeness (QED) is 0.440. The molecule has 3 N–H and O–H groups in total. The molecule has 1 heterocycles. The Morgan fingerprint density at radius 3 is 2.41 bits per heavy atom. The lowest BCUT2D eigenvalue weighted by Crippen LogP contribution is -2.12. The summed E-state index contributed by atoms with van der Waals surface area (Å²) < 4.78 is 0. The minimum absolute atomic E-state index is 0.649. The number of aryl methyl sites for hydroxylation is 1. The Balaban J connectivity index is 1.64. The highest BCUT2D eigenvalue weighted by Gasteiger charge is 2.20. The first-order valence-electron chi connectivity index (χ1n) is 10.4. The fraction of sp³-hybridized carbons (Fsp3) is 0.591. The second kappa shape index (κ2) is 10.5. The summed E-state index contributed by atoms with van der Waals surface area (Å²) >= 11 is 12.8. The van der Waals surface area contributed by atoms with E-state index in [1.165, 1.54) is 68.3 Å². The zero-order valence-electron chi connectivity index (χ0n) is 16.1. The van der Waals surface area contributed by atoms with Crippen LogP contribution in [0.2, 0.25) is 10.0 Å². The van der Waals surface area contributed by atoms with E-state index in [0.29, 0.717) is 10.0 Å². The highest BCUT2D eigenvalue weighted by atomic mass is 35.5. The lowest BCUT2D eigenvalue weighted by molar-refractivity contribution is 0.588. The van der Waals surface area contributed by atoms with Gasteiger partial charge in [0.2, 0.25) is 0 Å². The molecule has 1 aliphatic rings. The van der Waals surface area contributed by atoms with Gasteiger partial charge in [0.1, 0.15) is 0 Å². The molecule has 0 unspecified atom stereocenters. The van der Waals surface area contributed by atoms with E-state index in [0.717, 1.165) is 43.3 Å². The first kappa shape index (κ1) is 20.7. The number of nitrogens with zero attached hydrogens (tertiary/aromatic N) is 1. The van der Waals surface area contributed by atoms with Gasteiger partial charge in [-0.15, -0.1) is 0 Å². The number of nitrogens with two attached hydrogens (primary N) is 1. The first-order chi connectivity index (χ1) is 13.2. The summed E-state index contributed by atoms with van der Waals surface area (Å²) in [5.41, 5.74) is 10.2. The van der Waals surface area contributed by atoms with Crippen LogP contribution in [0.1, 0.15) is 69.0 Å². The van der Waals surface area contributed by atoms with E-state index in [4.69, 9.17) is 33.9 Å². The van der Waals surface area contributed by atoms with Crippen molar-refractivity contribution in [2.45, 2.75) is 70.6 Å². The van der Waals surface area contributed by atoms with E-state index in [1.807, 2.05) is 12.1 Å². The van der Waals surface area contributed by atoms with Gasteiger partial charge < -0.3 is 11.1 Å². The third kappa shape index (κ3) is 5.49. The summed E-state index contributed by atoms with van der Waals surface area (Å²) in [6.07, 6.45) is 13.4. The third-order valence-corrected chi connectivity index (χ3v) is 5.98. The maximum atomic E-state index is 6.56. The van der Waals surface area contributed by atoms with Crippen LogP contribution in [0.15, 0.2) is 12.1 Å². The number of pyridine rings is 1. The van der Waals surface area contributed by atoms with Crippen molar-refractivity contribution >= 4 is 39.8 Å². The number of unbranched alkanes of at least 4 members (excludes halogenated alkanes) is 6. The van der Waals surface area contributed by atoms with Crippen LogP contribution in [-0.4, -0.2) is 18.1 Å². The maximum Gasteiger partial charge on any atom is 0.0756 e. The second-order valence-electron chi connectivity index (χ2n) is 7.59. The molecule has 0 atom stereocenters. The molecule has 3 nitrogen and oxygen atoms in total. The van der Waals surface area contributed by atoms with E-state index < -0.39 is 0 Å². The molecule has 0 saturated carbocycles. The predicted molar refractivity (Wildman–Crippen MR) is 118 cm³/mol. The number of hydrogen-bond donors (Lipinski definition) is 2. The zero-order chi connectivity index (χ0) is 19.1. The van der Waals surface area contributed by atoms with Crippen molar-refractivity contribution in [2.24, 2.45) is 5.73 Å². The van der Waals surface area contributed by atoms with Crippen molar-refractivity contribution < 1.29 is 0 Å². The summed E-state index contributed by atoms with van der Waals surface area (Å²) in [7, 11) is 0. The molecular weight excluding hydrogens is 377 g/mol. The molecule has 2 aromatic rings. The van der Waals surface area contributed by atoms with Crippen molar-refractivity contribution in [3.05, 3.63) is 33.4 Å². The topological polar surface area (TPSA) is 50.9 Å². The van der Waals surface area contributed by atoms with Crippen LogP contribution < -0.4 is 11.1 Å². The van der Waals surface area contributed by atoms with Crippen LogP contribution >= 0.6 is 23.2 Å². The smallest absolute Gasteiger partial charge is 0.0756 e. The second-order valence-corrected chi connectivity index (χ2v) is 8.43. The lowest BCUT2D eigenvalue weighted by Gasteiger charge is -2.22. The molecular formula is C22H31Cl2N3. The average molecular weight is 408 g/mol. The van der Waals surface area contributed by atoms with Crippen molar-refractivity contribution in [3.8, 4) is 0 Å². The number of benzene rings is 1. The van der Waals surface area contributed by atoms with Crippen LogP contribution in [0, 0.1) is 0 Å². The van der Waals surface area contributed by atoms with Gasteiger partial charge in [0.05, 0.1) is 16.2 Å². The Hall–Kier alpha value is -1.03.